The molecule has 7 heteroatoms. The number of carbonyl (C=O) groups is 1. The van der Waals surface area contributed by atoms with Crippen LogP contribution < -0.4 is 11.5 Å². The highest BCUT2D eigenvalue weighted by molar-refractivity contribution is 7.18. The van der Waals surface area contributed by atoms with E-state index in [-0.39, 0.29) is 5.96 Å². The first-order valence-electron chi connectivity index (χ1n) is 3.05. The molecule has 0 unspecified atom stereocenters. The van der Waals surface area contributed by atoms with E-state index < -0.39 is 20.2 Å². The van der Waals surface area contributed by atoms with Crippen molar-refractivity contribution >= 4 is 20.6 Å². The first-order chi connectivity index (χ1) is 5.40. The van der Waals surface area contributed by atoms with Gasteiger partial charge in [0.15, 0.2) is 11.5 Å². The molecule has 68 valence electrons. The lowest BCUT2D eigenvalue weighted by molar-refractivity contribution is -0.138. The van der Waals surface area contributed by atoms with Crippen LogP contribution in [-0.4, -0.2) is 17.5 Å². The van der Waals surface area contributed by atoms with Gasteiger partial charge in [-0.15, -0.1) is 0 Å². The van der Waals surface area contributed by atoms with Crippen LogP contribution in [0.15, 0.2) is 4.99 Å². The molecule has 0 aromatic rings. The third-order valence-electron chi connectivity index (χ3n) is 1.03. The lowest BCUT2D eigenvalue weighted by Crippen LogP contribution is -2.35. The van der Waals surface area contributed by atoms with Crippen molar-refractivity contribution in [2.75, 3.05) is 0 Å². The average molecular weight is 191 g/mol. The number of hydrogen-bond acceptors (Lipinski definition) is 4. The fraction of sp³-hybridized carbons (Fsp3) is 0.600. The average Bonchev–Trinajstić information content (AvgIpc) is 1.85. The topological polar surface area (TPSA) is 108 Å². The summed E-state index contributed by atoms with van der Waals surface area (Å²) in [5.74, 6) is -0.980. The number of carbonyl (C=O) groups excluding carboxylic acids is 1. The highest BCUT2D eigenvalue weighted by atomic mass is 31.1. The molecule has 0 aliphatic rings. The van der Waals surface area contributed by atoms with Crippen molar-refractivity contribution in [2.45, 2.75) is 19.4 Å². The van der Waals surface area contributed by atoms with Gasteiger partial charge in [0.1, 0.15) is 0 Å². The third-order valence-corrected chi connectivity index (χ3v) is 1.27. The minimum absolute atomic E-state index is 0.223. The van der Waals surface area contributed by atoms with Gasteiger partial charge < -0.3 is 16.0 Å². The zero-order valence-electron chi connectivity index (χ0n) is 6.77. The van der Waals surface area contributed by atoms with Crippen molar-refractivity contribution in [3.63, 3.8) is 0 Å². The Bertz CT molecular complexity index is 222. The second-order valence-electron chi connectivity index (χ2n) is 2.55. The smallest absolute Gasteiger partial charge is 0.371 e. The van der Waals surface area contributed by atoms with Gasteiger partial charge in [0.2, 0.25) is 0 Å². The number of rotatable bonds is 3. The first-order valence-corrected chi connectivity index (χ1v) is 3.78. The van der Waals surface area contributed by atoms with Crippen molar-refractivity contribution in [2.24, 2.45) is 16.5 Å². The summed E-state index contributed by atoms with van der Waals surface area (Å²) < 4.78 is 14.1. The molecule has 0 saturated heterocycles. The largest absolute Gasteiger partial charge is 0.398 e. The standard InChI is InChI=1S/C5H10N3O3P/c1-5(2,8-4(6)7)3(9)11-12-10/h1-2H3,(H4,6,7,8). The van der Waals surface area contributed by atoms with Gasteiger partial charge in [0, 0.05) is 0 Å². The maximum atomic E-state index is 11.0. The van der Waals surface area contributed by atoms with Crippen molar-refractivity contribution in [3.8, 4) is 0 Å². The van der Waals surface area contributed by atoms with E-state index in [0.717, 1.165) is 0 Å². The summed E-state index contributed by atoms with van der Waals surface area (Å²) >= 11 is 0. The first kappa shape index (κ1) is 10.8. The van der Waals surface area contributed by atoms with Gasteiger partial charge in [0.05, 0.1) is 0 Å². The Balaban J connectivity index is 4.49. The molecule has 4 N–H and O–H groups in total. The molecular formula is C5H10N3O3P. The van der Waals surface area contributed by atoms with Gasteiger partial charge in [-0.1, -0.05) is 0 Å². The van der Waals surface area contributed by atoms with E-state index in [2.05, 4.69) is 9.52 Å². The second kappa shape index (κ2) is 4.01. The molecular weight excluding hydrogens is 181 g/mol. The van der Waals surface area contributed by atoms with Crippen molar-refractivity contribution < 1.29 is 13.9 Å². The van der Waals surface area contributed by atoms with Gasteiger partial charge >= 0.3 is 14.7 Å². The number of nitrogens with zero attached hydrogens (tertiary/aromatic N) is 1. The van der Waals surface area contributed by atoms with Crippen LogP contribution in [0, 0.1) is 0 Å². The summed E-state index contributed by atoms with van der Waals surface area (Å²) in [7, 11) is -0.714. The minimum atomic E-state index is -1.20. The second-order valence-corrected chi connectivity index (χ2v) is 2.88. The van der Waals surface area contributed by atoms with Gasteiger partial charge in [-0.2, -0.15) is 0 Å². The van der Waals surface area contributed by atoms with Crippen LogP contribution in [0.25, 0.3) is 0 Å². The fourth-order valence-corrected chi connectivity index (χ4v) is 0.805. The number of hydrogen-bond donors (Lipinski definition) is 2. The Kier molecular flexibility index (Phi) is 3.63. The molecule has 0 fully saturated rings. The lowest BCUT2D eigenvalue weighted by atomic mass is 10.1. The quantitative estimate of drug-likeness (QED) is 0.364. The maximum Gasteiger partial charge on any atom is 0.398 e. The molecule has 6 nitrogen and oxygen atoms in total. The molecule has 0 spiro atoms. The molecule has 0 aliphatic heterocycles. The van der Waals surface area contributed by atoms with Crippen LogP contribution >= 0.6 is 8.69 Å². The molecule has 0 amide bonds. The van der Waals surface area contributed by atoms with E-state index in [0.29, 0.717) is 0 Å². The third kappa shape index (κ3) is 3.30. The number of guanidine groups is 1. The highest BCUT2D eigenvalue weighted by Gasteiger charge is 2.29. The normalized spacial score (nSPS) is 10.8. The molecule has 0 saturated carbocycles. The molecule has 0 aromatic carbocycles. The molecule has 12 heavy (non-hydrogen) atoms. The van der Waals surface area contributed by atoms with Gasteiger partial charge in [-0.3, -0.25) is 0 Å². The number of nitrogens with two attached hydrogens (primary N) is 2. The van der Waals surface area contributed by atoms with Crippen molar-refractivity contribution in [1.29, 1.82) is 0 Å². The SMILES string of the molecule is CC(C)(N=C(N)N)C(=O)OP=O. The fourth-order valence-electron chi connectivity index (χ4n) is 0.514. The Morgan fingerprint density at radius 3 is 2.33 bits per heavy atom. The Morgan fingerprint density at radius 2 is 2.00 bits per heavy atom. The van der Waals surface area contributed by atoms with E-state index >= 15 is 0 Å². The minimum Gasteiger partial charge on any atom is -0.371 e. The van der Waals surface area contributed by atoms with E-state index in [1.54, 1.807) is 0 Å². The van der Waals surface area contributed by atoms with Crippen LogP contribution in [0.5, 0.6) is 0 Å². The summed E-state index contributed by atoms with van der Waals surface area (Å²) in [6, 6.07) is 0. The molecule has 0 aromatic heterocycles. The molecule has 0 heterocycles. The van der Waals surface area contributed by atoms with Gasteiger partial charge in [-0.25, -0.2) is 14.4 Å². The van der Waals surface area contributed by atoms with Crippen LogP contribution in [-0.2, 0) is 13.9 Å². The Morgan fingerprint density at radius 1 is 1.50 bits per heavy atom. The summed E-state index contributed by atoms with van der Waals surface area (Å²) in [6.07, 6.45) is 0. The number of aliphatic imine (C=N–C) groups is 1. The van der Waals surface area contributed by atoms with E-state index in [1.807, 2.05) is 0 Å². The summed E-state index contributed by atoms with van der Waals surface area (Å²) in [5.41, 5.74) is 8.91. The van der Waals surface area contributed by atoms with Crippen LogP contribution in [0.4, 0.5) is 0 Å². The highest BCUT2D eigenvalue weighted by Crippen LogP contribution is 2.13. The maximum absolute atomic E-state index is 11.0. The molecule has 0 radical (unpaired) electrons. The van der Waals surface area contributed by atoms with Crippen LogP contribution in [0.2, 0.25) is 0 Å². The predicted octanol–water partition coefficient (Wildman–Crippen LogP) is -0.212. The zero-order valence-corrected chi connectivity index (χ0v) is 7.67. The van der Waals surface area contributed by atoms with Gasteiger partial charge in [-0.05, 0) is 13.8 Å². The van der Waals surface area contributed by atoms with Gasteiger partial charge in [0.25, 0.3) is 0 Å². The van der Waals surface area contributed by atoms with Crippen molar-refractivity contribution in [1.82, 2.24) is 0 Å². The molecule has 0 aliphatic carbocycles. The Hall–Kier alpha value is -1.16. The molecule has 0 bridgehead atoms. The zero-order chi connectivity index (χ0) is 9.78. The summed E-state index contributed by atoms with van der Waals surface area (Å²) in [5, 5.41) is 0. The van der Waals surface area contributed by atoms with Crippen LogP contribution in [0.1, 0.15) is 13.8 Å². The van der Waals surface area contributed by atoms with E-state index in [9.17, 15) is 9.36 Å². The van der Waals surface area contributed by atoms with E-state index in [4.69, 9.17) is 11.5 Å². The van der Waals surface area contributed by atoms with Crippen molar-refractivity contribution in [3.05, 3.63) is 0 Å². The Labute approximate surface area is 71.3 Å². The van der Waals surface area contributed by atoms with Crippen LogP contribution in [0.3, 0.4) is 0 Å². The molecule has 0 rings (SSSR count). The predicted molar refractivity (Wildman–Crippen MR) is 43.6 cm³/mol. The molecule has 0 atom stereocenters. The summed E-state index contributed by atoms with van der Waals surface area (Å²) in [6.45, 7) is 2.89. The lowest BCUT2D eigenvalue weighted by Gasteiger charge is -2.14. The monoisotopic (exact) mass is 191 g/mol. The van der Waals surface area contributed by atoms with E-state index in [1.165, 1.54) is 13.8 Å². The summed E-state index contributed by atoms with van der Waals surface area (Å²) in [4.78, 5) is 14.5.